The molecule has 0 saturated carbocycles. The molecule has 0 unspecified atom stereocenters. The summed E-state index contributed by atoms with van der Waals surface area (Å²) in [6, 6.07) is 0. The summed E-state index contributed by atoms with van der Waals surface area (Å²) in [7, 11) is -0.906. The summed E-state index contributed by atoms with van der Waals surface area (Å²) in [5.74, 6) is 0. The average molecular weight is 184 g/mol. The maximum Gasteiger partial charge on any atom is 0.0682 e. The Morgan fingerprint density at radius 1 is 1.00 bits per heavy atom. The van der Waals surface area contributed by atoms with Gasteiger partial charge in [0.25, 0.3) is 0 Å². The summed E-state index contributed by atoms with van der Waals surface area (Å²) in [4.78, 5) is 0. The van der Waals surface area contributed by atoms with Crippen LogP contribution in [-0.2, 0) is 0 Å². The second-order valence-corrected chi connectivity index (χ2v) is 9.68. The molecule has 0 spiro atoms. The number of hydrogen-bond acceptors (Lipinski definition) is 0. The molecule has 0 bridgehead atoms. The maximum absolute atomic E-state index is 2.46. The number of hydrogen-bond donors (Lipinski definition) is 0. The van der Waals surface area contributed by atoms with Crippen molar-refractivity contribution >= 4 is 8.07 Å². The van der Waals surface area contributed by atoms with Crippen molar-refractivity contribution in [1.29, 1.82) is 0 Å². The van der Waals surface area contributed by atoms with E-state index in [-0.39, 0.29) is 0 Å². The lowest BCUT2D eigenvalue weighted by Crippen LogP contribution is -2.15. The van der Waals surface area contributed by atoms with Crippen molar-refractivity contribution in [2.24, 2.45) is 0 Å². The predicted molar refractivity (Wildman–Crippen MR) is 61.2 cm³/mol. The van der Waals surface area contributed by atoms with Gasteiger partial charge in [0.15, 0.2) is 0 Å². The molecular weight excluding hydrogens is 160 g/mol. The molecule has 0 amide bonds. The quantitative estimate of drug-likeness (QED) is 0.424. The molecular formula is C11H24Si. The van der Waals surface area contributed by atoms with E-state index in [0.29, 0.717) is 0 Å². The van der Waals surface area contributed by atoms with E-state index in [1.807, 2.05) is 0 Å². The smallest absolute Gasteiger partial charge is 0.0682 e. The van der Waals surface area contributed by atoms with Gasteiger partial charge in [-0.05, 0) is 12.8 Å². The summed E-state index contributed by atoms with van der Waals surface area (Å²) in [5, 5.41) is 0. The molecule has 12 heavy (non-hydrogen) atoms. The van der Waals surface area contributed by atoms with Crippen LogP contribution in [-0.4, -0.2) is 8.07 Å². The lowest BCUT2D eigenvalue weighted by molar-refractivity contribution is 0.674. The van der Waals surface area contributed by atoms with Crippen LogP contribution < -0.4 is 0 Å². The number of rotatable bonds is 6. The molecule has 0 aromatic carbocycles. The van der Waals surface area contributed by atoms with Crippen LogP contribution in [0.25, 0.3) is 0 Å². The monoisotopic (exact) mass is 184 g/mol. The molecule has 0 rings (SSSR count). The molecule has 72 valence electrons. The fourth-order valence-corrected chi connectivity index (χ4v) is 2.00. The van der Waals surface area contributed by atoms with E-state index in [0.717, 1.165) is 0 Å². The Bertz CT molecular complexity index is 119. The van der Waals surface area contributed by atoms with Crippen LogP contribution in [0.1, 0.15) is 39.0 Å². The molecule has 0 aliphatic carbocycles. The Balaban J connectivity index is 3.25. The SMILES string of the molecule is CCCCCCC=C[Si](C)(C)C. The van der Waals surface area contributed by atoms with Gasteiger partial charge in [0.05, 0.1) is 8.07 Å². The van der Waals surface area contributed by atoms with E-state index < -0.39 is 8.07 Å². The van der Waals surface area contributed by atoms with Crippen molar-refractivity contribution < 1.29 is 0 Å². The first-order valence-electron chi connectivity index (χ1n) is 5.24. The third-order valence-corrected chi connectivity index (χ3v) is 3.08. The summed E-state index contributed by atoms with van der Waals surface area (Å²) in [5.41, 5.74) is 2.46. The first kappa shape index (κ1) is 12.0. The highest BCUT2D eigenvalue weighted by Gasteiger charge is 2.05. The summed E-state index contributed by atoms with van der Waals surface area (Å²) >= 11 is 0. The van der Waals surface area contributed by atoms with Gasteiger partial charge in [-0.15, -0.1) is 0 Å². The minimum Gasteiger partial charge on any atom is -0.0989 e. The van der Waals surface area contributed by atoms with Gasteiger partial charge in [-0.2, -0.15) is 0 Å². The highest BCUT2D eigenvalue weighted by Crippen LogP contribution is 2.06. The lowest BCUT2D eigenvalue weighted by atomic mass is 10.2. The number of unbranched alkanes of at least 4 members (excludes halogenated alkanes) is 4. The van der Waals surface area contributed by atoms with Crippen LogP contribution in [0.15, 0.2) is 11.8 Å². The maximum atomic E-state index is 2.46. The van der Waals surface area contributed by atoms with Crippen molar-refractivity contribution in [2.45, 2.75) is 58.7 Å². The second-order valence-electron chi connectivity index (χ2n) is 4.62. The molecule has 0 nitrogen and oxygen atoms in total. The molecule has 0 saturated heterocycles. The topological polar surface area (TPSA) is 0 Å². The predicted octanol–water partition coefficient (Wildman–Crippen LogP) is 4.39. The van der Waals surface area contributed by atoms with Crippen molar-refractivity contribution in [3.63, 3.8) is 0 Å². The first-order valence-corrected chi connectivity index (χ1v) is 8.81. The Morgan fingerprint density at radius 3 is 2.17 bits per heavy atom. The second kappa shape index (κ2) is 6.47. The van der Waals surface area contributed by atoms with Gasteiger partial charge in [-0.25, -0.2) is 0 Å². The molecule has 1 heteroatoms. The van der Waals surface area contributed by atoms with Crippen molar-refractivity contribution in [3.05, 3.63) is 11.8 Å². The van der Waals surface area contributed by atoms with Crippen molar-refractivity contribution in [1.82, 2.24) is 0 Å². The minimum atomic E-state index is -0.906. The van der Waals surface area contributed by atoms with Gasteiger partial charge in [0.2, 0.25) is 0 Å². The molecule has 0 atom stereocenters. The fourth-order valence-electron chi connectivity index (χ4n) is 1.13. The molecule has 0 aromatic rings. The largest absolute Gasteiger partial charge is 0.0989 e. The molecule has 0 aromatic heterocycles. The van der Waals surface area contributed by atoms with E-state index in [9.17, 15) is 0 Å². The van der Waals surface area contributed by atoms with Gasteiger partial charge in [-0.1, -0.05) is 57.6 Å². The third-order valence-electron chi connectivity index (χ3n) is 1.84. The zero-order valence-corrected chi connectivity index (χ0v) is 10.2. The fraction of sp³-hybridized carbons (Fsp3) is 0.818. The van der Waals surface area contributed by atoms with Gasteiger partial charge in [0, 0.05) is 0 Å². The van der Waals surface area contributed by atoms with Gasteiger partial charge >= 0.3 is 0 Å². The molecule has 0 heterocycles. The molecule has 0 N–H and O–H groups in total. The van der Waals surface area contributed by atoms with Crippen LogP contribution in [0, 0.1) is 0 Å². The van der Waals surface area contributed by atoms with Gasteiger partial charge in [-0.3, -0.25) is 0 Å². The molecule has 0 aliphatic rings. The number of allylic oxidation sites excluding steroid dienone is 1. The highest BCUT2D eigenvalue weighted by molar-refractivity contribution is 6.80. The summed E-state index contributed by atoms with van der Waals surface area (Å²) < 4.78 is 0. The standard InChI is InChI=1S/C11H24Si/c1-5-6-7-8-9-10-11-12(2,3)4/h10-11H,5-9H2,1-4H3. The van der Waals surface area contributed by atoms with Crippen LogP contribution in [0.3, 0.4) is 0 Å². The highest BCUT2D eigenvalue weighted by atomic mass is 28.3. The van der Waals surface area contributed by atoms with E-state index in [1.165, 1.54) is 32.1 Å². The van der Waals surface area contributed by atoms with Crippen LogP contribution in [0.2, 0.25) is 19.6 Å². The van der Waals surface area contributed by atoms with E-state index >= 15 is 0 Å². The van der Waals surface area contributed by atoms with E-state index in [2.05, 4.69) is 38.3 Å². The minimum absolute atomic E-state index is 0.906. The van der Waals surface area contributed by atoms with E-state index in [4.69, 9.17) is 0 Å². The molecule has 0 fully saturated rings. The Morgan fingerprint density at radius 2 is 1.67 bits per heavy atom. The van der Waals surface area contributed by atoms with Gasteiger partial charge < -0.3 is 0 Å². The van der Waals surface area contributed by atoms with Crippen molar-refractivity contribution in [3.8, 4) is 0 Å². The van der Waals surface area contributed by atoms with Crippen LogP contribution in [0.5, 0.6) is 0 Å². The Hall–Kier alpha value is -0.0431. The summed E-state index contributed by atoms with van der Waals surface area (Å²) in [6.07, 6.45) is 9.23. The first-order chi connectivity index (χ1) is 5.56. The lowest BCUT2D eigenvalue weighted by Gasteiger charge is -2.07. The average Bonchev–Trinajstić information content (AvgIpc) is 1.94. The van der Waals surface area contributed by atoms with Crippen LogP contribution in [0.4, 0.5) is 0 Å². The van der Waals surface area contributed by atoms with Gasteiger partial charge in [0.1, 0.15) is 0 Å². The van der Waals surface area contributed by atoms with Crippen molar-refractivity contribution in [2.75, 3.05) is 0 Å². The normalized spacial score (nSPS) is 12.7. The van der Waals surface area contributed by atoms with E-state index in [1.54, 1.807) is 0 Å². The molecule has 0 radical (unpaired) electrons. The molecule has 0 aliphatic heterocycles. The third kappa shape index (κ3) is 9.96. The zero-order valence-electron chi connectivity index (χ0n) is 9.19. The van der Waals surface area contributed by atoms with Crippen LogP contribution >= 0.6 is 0 Å². The Kier molecular flexibility index (Phi) is 6.45. The summed E-state index contributed by atoms with van der Waals surface area (Å²) in [6.45, 7) is 9.42. The Labute approximate surface area is 79.1 Å². The zero-order chi connectivity index (χ0) is 9.45.